The molecule has 0 saturated heterocycles. The third kappa shape index (κ3) is 31.9. The summed E-state index contributed by atoms with van der Waals surface area (Å²) in [5.74, 6) is -4.83. The number of hydrogen-bond donors (Lipinski definition) is 12. The van der Waals surface area contributed by atoms with Crippen LogP contribution in [-0.4, -0.2) is 275 Å². The molecule has 0 radical (unpaired) electrons. The van der Waals surface area contributed by atoms with Gasteiger partial charge in [0, 0.05) is 187 Å². The summed E-state index contributed by atoms with van der Waals surface area (Å²) in [6.45, 7) is -32.9. The quantitative estimate of drug-likeness (QED) is 0.0177. The van der Waals surface area contributed by atoms with Gasteiger partial charge in [0.15, 0.2) is 0 Å². The van der Waals surface area contributed by atoms with Crippen LogP contribution in [0.4, 0.5) is 0 Å². The molecule has 660 valence electrons. The van der Waals surface area contributed by atoms with Crippen molar-refractivity contribution in [3.63, 3.8) is 0 Å². The third-order valence-corrected chi connectivity index (χ3v) is 23.3. The minimum atomic E-state index is -4.49. The molecule has 0 aliphatic rings. The minimum absolute atomic E-state index is 0.0224. The molecule has 0 aliphatic carbocycles. The number of rotatable bonds is 36. The molecular weight excluding hydrogens is 1650 g/mol. The van der Waals surface area contributed by atoms with E-state index in [4.69, 9.17) is 69.9 Å². The summed E-state index contributed by atoms with van der Waals surface area (Å²) < 4.78 is 548. The first-order valence-electron chi connectivity index (χ1n) is 60.6. The summed E-state index contributed by atoms with van der Waals surface area (Å²) in [5, 5.41) is 0.942. The molecule has 12 rings (SSSR count). The molecule has 12 N–H and O–H groups in total. The summed E-state index contributed by atoms with van der Waals surface area (Å²) in [7, 11) is -11.5. The van der Waals surface area contributed by atoms with Gasteiger partial charge in [-0.2, -0.15) is 0 Å². The van der Waals surface area contributed by atoms with Gasteiger partial charge in [-0.15, -0.1) is 0 Å². The number of aryl methyl sites for hydroxylation is 3. The van der Waals surface area contributed by atoms with Gasteiger partial charge in [0.25, 0.3) is 0 Å². The summed E-state index contributed by atoms with van der Waals surface area (Å²) in [4.78, 5) is 21.7. The van der Waals surface area contributed by atoms with E-state index < -0.39 is 256 Å². The molecule has 0 fully saturated rings. The van der Waals surface area contributed by atoms with Gasteiger partial charge in [-0.1, -0.05) is 36.3 Å². The molecule has 0 amide bonds. The number of sulfonamides is 6. The van der Waals surface area contributed by atoms with E-state index in [0.717, 1.165) is 24.6 Å². The third-order valence-electron chi connectivity index (χ3n) is 16.5. The number of nitrogens with zero attached hydrogens (tertiary/aromatic N) is 6. The van der Waals surface area contributed by atoms with Gasteiger partial charge in [-0.05, 0) is 304 Å². The number of benzene rings is 6. The second-order valence-electron chi connectivity index (χ2n) is 26.4. The number of H-pyrrole nitrogens is 6. The van der Waals surface area contributed by atoms with Crippen molar-refractivity contribution >= 4 is 126 Å². The Hall–Kier alpha value is -8.22. The smallest absolute Gasteiger partial charge is 0.215 e. The van der Waals surface area contributed by atoms with E-state index in [1.165, 1.54) is 66.5 Å². The molecule has 0 aliphatic heterocycles. The van der Waals surface area contributed by atoms with Crippen molar-refractivity contribution < 1.29 is 120 Å². The van der Waals surface area contributed by atoms with E-state index in [9.17, 15) is 50.5 Å². The van der Waals surface area contributed by atoms with E-state index in [0.29, 0.717) is 44.8 Å². The number of fused-ring (bicyclic) bond motifs is 6. The Labute approximate surface area is 782 Å². The highest BCUT2D eigenvalue weighted by molar-refractivity contribution is 7.90. The second kappa shape index (κ2) is 45.2. The molecule has 0 unspecified atom stereocenters. The molecule has 0 spiro atoms. The SMILES string of the molecule is [2H]c1c(CS(=O)(=O)NC([2H])([2H])[2H])c([2H])c2c(CCN(C([2H])([2H])[2H])C([2H])([2H])[2H])c[nH]c2c1[2H].[2H]c1c(CS(=O)(=O)NC([2H])([2H])[2H])c([2H])c2c(CCN(C)C([2H])([2H])[2H])c[nH]c2c1[2H].[2H]c1c(CS(=O)(=O)NC([2H])([2H])[2H])c([2H])c2c(CCN(C)C)c[nH]c2c1[2H].[2H]c1c(CS(=O)(=O)NC)c([2H])c2c(CC([2H])([2H])N(C([2H])([2H])[2H])C([2H])([2H])[2H])c[nH]c2c1[2H].[2H]c1c(CS(=O)(=O)NC)c([2H])c2c(CC([2H])([2H])N(C)C([2H])([2H])[2H])c[nH]c2c1[2H].[2H]c1c(CS(=O)(=O)NC)c([2H])c2c(CC([2H])([2H])N(C)C)c[nH]c2c1[2H]. The molecule has 6 heterocycles. The highest BCUT2D eigenvalue weighted by atomic mass is 32.2. The van der Waals surface area contributed by atoms with Crippen LogP contribution in [-0.2, 0) is 133 Å². The predicted octanol–water partition coefficient (Wildman–Crippen LogP) is 7.93. The number of likely N-dealkylation sites (N-methyl/N-ethyl adjacent to an activating group) is 6. The first kappa shape index (κ1) is 48.2. The zero-order chi connectivity index (χ0) is 132. The van der Waals surface area contributed by atoms with E-state index in [2.05, 4.69) is 44.1 Å². The average Bonchev–Trinajstić information content (AvgIpc) is 1.60. The molecule has 0 atom stereocenters. The second-order valence-corrected chi connectivity index (χ2v) is 37.3. The summed E-state index contributed by atoms with van der Waals surface area (Å²) >= 11 is 0. The lowest BCUT2D eigenvalue weighted by Gasteiger charge is -2.08. The van der Waals surface area contributed by atoms with E-state index in [-0.39, 0.29) is 184 Å². The Bertz CT molecular complexity index is 8530. The molecular formula is C84H126N18O12S6. The van der Waals surface area contributed by atoms with Crippen molar-refractivity contribution in [2.24, 2.45) is 0 Å². The lowest BCUT2D eigenvalue weighted by Crippen LogP contribution is -2.20. The Balaban J connectivity index is 0.000000275. The van der Waals surface area contributed by atoms with Crippen LogP contribution in [0.5, 0.6) is 0 Å². The van der Waals surface area contributed by atoms with Crippen LogP contribution in [0.1, 0.15) is 137 Å². The molecule has 0 saturated carbocycles. The number of aromatic amines is 6. The Morgan fingerprint density at radius 1 is 0.275 bits per heavy atom. The zero-order valence-electron chi connectivity index (χ0n) is 117. The van der Waals surface area contributed by atoms with Gasteiger partial charge in [0.1, 0.15) is 0 Å². The van der Waals surface area contributed by atoms with Crippen LogP contribution in [0.15, 0.2) is 146 Å². The minimum Gasteiger partial charge on any atom is -0.361 e. The fourth-order valence-electron chi connectivity index (χ4n) is 10.5. The fraction of sp³-hybridized carbons (Fsp3) is 0.429. The van der Waals surface area contributed by atoms with Gasteiger partial charge in [0.2, 0.25) is 60.1 Å². The summed E-state index contributed by atoms with van der Waals surface area (Å²) in [5.41, 5.74) is 1.49. The monoisotopic (exact) mass is 1820 g/mol. The topological polar surface area (TPSA) is 391 Å². The van der Waals surface area contributed by atoms with Crippen LogP contribution in [0, 0.1) is 0 Å². The average molecular weight is 1820 g/mol. The normalized spacial score (nSPS) is 19.9. The highest BCUT2D eigenvalue weighted by Crippen LogP contribution is 2.28. The van der Waals surface area contributed by atoms with Gasteiger partial charge >= 0.3 is 0 Å². The highest BCUT2D eigenvalue weighted by Gasteiger charge is 2.19. The van der Waals surface area contributed by atoms with Crippen molar-refractivity contribution in [1.29, 1.82) is 0 Å². The first-order valence-corrected chi connectivity index (χ1v) is 45.0. The van der Waals surface area contributed by atoms with E-state index in [1.807, 2.05) is 19.0 Å². The molecule has 12 aromatic rings. The largest absolute Gasteiger partial charge is 0.361 e. The fourth-order valence-corrected chi connectivity index (χ4v) is 14.3. The number of aromatic nitrogens is 6. The van der Waals surface area contributed by atoms with Crippen molar-refractivity contribution in [2.45, 2.75) is 73.0 Å². The maximum absolute atomic E-state index is 12.2. The van der Waals surface area contributed by atoms with E-state index in [1.54, 1.807) is 25.0 Å². The predicted molar refractivity (Wildman–Crippen MR) is 493 cm³/mol. The Morgan fingerprint density at radius 3 is 0.700 bits per heavy atom. The molecule has 0 bridgehead atoms. The Kier molecular flexibility index (Phi) is 18.2. The van der Waals surface area contributed by atoms with Crippen LogP contribution >= 0.6 is 0 Å². The number of hydrogen-bond acceptors (Lipinski definition) is 18. The van der Waals surface area contributed by atoms with Crippen LogP contribution in [0.2, 0.25) is 0 Å². The lowest BCUT2D eigenvalue weighted by molar-refractivity contribution is 0.414. The number of nitrogens with one attached hydrogen (secondary N) is 12. The maximum atomic E-state index is 12.2. The van der Waals surface area contributed by atoms with Gasteiger partial charge in [-0.25, -0.2) is 78.8 Å². The van der Waals surface area contributed by atoms with Crippen LogP contribution in [0.25, 0.3) is 65.4 Å². The van der Waals surface area contributed by atoms with Crippen molar-refractivity contribution in [3.05, 3.63) is 213 Å². The van der Waals surface area contributed by atoms with Gasteiger partial charge in [0.05, 0.1) is 59.2 Å². The molecule has 36 heteroatoms. The van der Waals surface area contributed by atoms with Gasteiger partial charge in [-0.3, -0.25) is 0 Å². The molecule has 6 aromatic carbocycles. The molecule has 30 nitrogen and oxygen atoms in total. The summed E-state index contributed by atoms with van der Waals surface area (Å²) in [6, 6.07) is -6.51. The maximum Gasteiger partial charge on any atom is 0.215 e. The van der Waals surface area contributed by atoms with E-state index >= 15 is 0 Å². The van der Waals surface area contributed by atoms with Crippen LogP contribution < -0.4 is 28.3 Å². The van der Waals surface area contributed by atoms with Crippen molar-refractivity contribution in [3.8, 4) is 0 Å². The van der Waals surface area contributed by atoms with Crippen molar-refractivity contribution in [1.82, 2.24) is 87.6 Å². The Morgan fingerprint density at radius 2 is 0.483 bits per heavy atom. The zero-order valence-corrected chi connectivity index (χ0v) is 71.0. The molecule has 6 aromatic heterocycles. The molecule has 120 heavy (non-hydrogen) atoms. The van der Waals surface area contributed by atoms with Crippen molar-refractivity contribution in [2.75, 3.05) is 165 Å². The lowest BCUT2D eigenvalue weighted by atomic mass is 10.1. The van der Waals surface area contributed by atoms with Crippen LogP contribution in [0.3, 0.4) is 0 Å². The summed E-state index contributed by atoms with van der Waals surface area (Å²) in [6.07, 6.45) is 7.90. The standard InChI is InChI=1S/6C14H21N3O2S/c6*1-15-20(18,19)10-11-4-5-14-13(8-11)12(9-16-14)6-7-17(2)3/h6*4-5,8-9,15-16H,6-7,10H2,1-3H3/i2D3,3D3,4D,5D,7D2,8D;1D3,2D3,3D3,4D,5D,8D;2D3,4D,5D,7D2,8D;1D3,2D3,4D,5D,8D;4D,5D,7D2,8D;1D3,4D,5D,8D. The van der Waals surface area contributed by atoms with Gasteiger partial charge < -0.3 is 59.3 Å². The first-order chi connectivity index (χ1) is 77.0.